The van der Waals surface area contributed by atoms with E-state index in [1.807, 2.05) is 62.4 Å². The predicted octanol–water partition coefficient (Wildman–Crippen LogP) is 5.99. The van der Waals surface area contributed by atoms with Gasteiger partial charge >= 0.3 is 0 Å². The second-order valence-electron chi connectivity index (χ2n) is 7.09. The topological polar surface area (TPSA) is 55.2 Å². The van der Waals surface area contributed by atoms with Crippen molar-refractivity contribution in [2.75, 3.05) is 13.2 Å². The smallest absolute Gasteiger partial charge is 0.161 e. The molecule has 0 saturated heterocycles. The van der Waals surface area contributed by atoms with Gasteiger partial charge in [-0.3, -0.25) is 5.43 Å². The molecule has 5 nitrogen and oxygen atoms in total. The highest BCUT2D eigenvalue weighted by atomic mass is 79.9. The standard InChI is InChI=1S/C25H24BrN3O2/c1-4-30-22-13-9-18(15-23(22)31-5-2)24-20-14-16(3)6-12-21(20)27-25(29-28-24)17-7-10-19(26)11-8-17/h6-15H,4-5H2,1-3H3,(H,27,29). The number of benzene rings is 3. The third-order valence-electron chi connectivity index (χ3n) is 4.85. The first-order valence-corrected chi connectivity index (χ1v) is 11.1. The van der Waals surface area contributed by atoms with Gasteiger partial charge in [-0.1, -0.05) is 39.7 Å². The van der Waals surface area contributed by atoms with Crippen molar-refractivity contribution in [2.45, 2.75) is 20.8 Å². The zero-order valence-corrected chi connectivity index (χ0v) is 19.4. The Morgan fingerprint density at radius 2 is 1.55 bits per heavy atom. The van der Waals surface area contributed by atoms with E-state index in [0.29, 0.717) is 24.8 Å². The summed E-state index contributed by atoms with van der Waals surface area (Å²) in [5, 5.41) is 4.76. The lowest BCUT2D eigenvalue weighted by molar-refractivity contribution is 0.287. The number of fused-ring (bicyclic) bond motifs is 1. The van der Waals surface area contributed by atoms with Crippen molar-refractivity contribution < 1.29 is 9.47 Å². The molecule has 0 fully saturated rings. The molecular weight excluding hydrogens is 454 g/mol. The Bertz CT molecular complexity index is 1150. The van der Waals surface area contributed by atoms with Crippen molar-refractivity contribution in [1.29, 1.82) is 0 Å². The summed E-state index contributed by atoms with van der Waals surface area (Å²) in [6.45, 7) is 7.13. The first-order chi connectivity index (χ1) is 15.1. The van der Waals surface area contributed by atoms with Crippen molar-refractivity contribution in [3.8, 4) is 11.5 Å². The molecule has 0 spiro atoms. The second kappa shape index (κ2) is 9.35. The van der Waals surface area contributed by atoms with Crippen LogP contribution >= 0.6 is 15.9 Å². The number of hydrazone groups is 1. The van der Waals surface area contributed by atoms with Gasteiger partial charge in [-0.15, -0.1) is 0 Å². The van der Waals surface area contributed by atoms with Gasteiger partial charge in [0.1, 0.15) is 5.71 Å². The molecule has 0 amide bonds. The van der Waals surface area contributed by atoms with Gasteiger partial charge in [-0.25, -0.2) is 4.99 Å². The maximum absolute atomic E-state index is 5.83. The van der Waals surface area contributed by atoms with E-state index < -0.39 is 0 Å². The number of nitrogens with zero attached hydrogens (tertiary/aromatic N) is 2. The predicted molar refractivity (Wildman–Crippen MR) is 129 cm³/mol. The van der Waals surface area contributed by atoms with Crippen molar-refractivity contribution in [3.05, 3.63) is 87.4 Å². The van der Waals surface area contributed by atoms with Crippen molar-refractivity contribution in [2.24, 2.45) is 10.1 Å². The number of aryl methyl sites for hydroxylation is 1. The van der Waals surface area contributed by atoms with Gasteiger partial charge in [0.2, 0.25) is 0 Å². The third kappa shape index (κ3) is 4.64. The van der Waals surface area contributed by atoms with E-state index in [4.69, 9.17) is 19.6 Å². The molecule has 3 aromatic rings. The molecule has 0 atom stereocenters. The fraction of sp³-hybridized carbons (Fsp3) is 0.200. The summed E-state index contributed by atoms with van der Waals surface area (Å²) in [4.78, 5) is 4.88. The summed E-state index contributed by atoms with van der Waals surface area (Å²) in [5.41, 5.74) is 8.83. The SMILES string of the molecule is CCOc1ccc(C2=NNC(c3ccc(Br)cc3)=Nc3ccc(C)cc32)cc1OCC. The first-order valence-electron chi connectivity index (χ1n) is 10.3. The summed E-state index contributed by atoms with van der Waals surface area (Å²) in [7, 11) is 0. The maximum Gasteiger partial charge on any atom is 0.161 e. The van der Waals surface area contributed by atoms with Gasteiger partial charge < -0.3 is 9.47 Å². The van der Waals surface area contributed by atoms with Crippen LogP contribution in [-0.2, 0) is 0 Å². The molecule has 0 radical (unpaired) electrons. The summed E-state index contributed by atoms with van der Waals surface area (Å²) in [6, 6.07) is 20.1. The van der Waals surface area contributed by atoms with Crippen molar-refractivity contribution in [3.63, 3.8) is 0 Å². The third-order valence-corrected chi connectivity index (χ3v) is 5.38. The minimum absolute atomic E-state index is 0.556. The van der Waals surface area contributed by atoms with Crippen LogP contribution in [0.5, 0.6) is 11.5 Å². The average Bonchev–Trinajstić information content (AvgIpc) is 2.95. The Morgan fingerprint density at radius 3 is 2.29 bits per heavy atom. The van der Waals surface area contributed by atoms with Crippen LogP contribution < -0.4 is 14.9 Å². The van der Waals surface area contributed by atoms with E-state index >= 15 is 0 Å². The molecular formula is C25H24BrN3O2. The molecule has 1 aliphatic heterocycles. The Hall–Kier alpha value is -3.12. The number of halogens is 1. The van der Waals surface area contributed by atoms with Crippen LogP contribution in [-0.4, -0.2) is 24.8 Å². The van der Waals surface area contributed by atoms with E-state index in [-0.39, 0.29) is 0 Å². The molecule has 1 heterocycles. The Kier molecular flexibility index (Phi) is 6.37. The van der Waals surface area contributed by atoms with E-state index in [9.17, 15) is 0 Å². The lowest BCUT2D eigenvalue weighted by Gasteiger charge is -2.14. The summed E-state index contributed by atoms with van der Waals surface area (Å²) < 4.78 is 12.6. The van der Waals surface area contributed by atoms with Crippen molar-refractivity contribution >= 4 is 33.2 Å². The zero-order valence-electron chi connectivity index (χ0n) is 17.8. The number of nitrogens with one attached hydrogen (secondary N) is 1. The first kappa shape index (κ1) is 21.1. The van der Waals surface area contributed by atoms with Crippen LogP contribution in [0.4, 0.5) is 5.69 Å². The van der Waals surface area contributed by atoms with Gasteiger partial charge in [0.15, 0.2) is 17.3 Å². The molecule has 1 N–H and O–H groups in total. The largest absolute Gasteiger partial charge is 0.490 e. The van der Waals surface area contributed by atoms with Crippen LogP contribution in [0.3, 0.4) is 0 Å². The van der Waals surface area contributed by atoms with Crippen LogP contribution in [0.1, 0.15) is 36.1 Å². The van der Waals surface area contributed by atoms with Gasteiger partial charge in [-0.05, 0) is 63.2 Å². The normalized spacial score (nSPS) is 12.8. The van der Waals surface area contributed by atoms with Crippen LogP contribution in [0.25, 0.3) is 0 Å². The van der Waals surface area contributed by atoms with Crippen molar-refractivity contribution in [1.82, 2.24) is 5.43 Å². The second-order valence-corrected chi connectivity index (χ2v) is 8.00. The summed E-state index contributed by atoms with van der Waals surface area (Å²) in [6.07, 6.45) is 0. The quantitative estimate of drug-likeness (QED) is 0.474. The minimum Gasteiger partial charge on any atom is -0.490 e. The van der Waals surface area contributed by atoms with Crippen LogP contribution in [0, 0.1) is 6.92 Å². The summed E-state index contributed by atoms with van der Waals surface area (Å²) in [5.74, 6) is 2.13. The van der Waals surface area contributed by atoms with Crippen LogP contribution in [0.15, 0.2) is 75.2 Å². The minimum atomic E-state index is 0.556. The maximum atomic E-state index is 5.83. The van der Waals surface area contributed by atoms with E-state index in [1.165, 1.54) is 0 Å². The Labute approximate surface area is 190 Å². The van der Waals surface area contributed by atoms with E-state index in [1.54, 1.807) is 0 Å². The molecule has 158 valence electrons. The Morgan fingerprint density at radius 1 is 0.839 bits per heavy atom. The molecule has 4 rings (SSSR count). The highest BCUT2D eigenvalue weighted by molar-refractivity contribution is 9.10. The van der Waals surface area contributed by atoms with Crippen LogP contribution in [0.2, 0.25) is 0 Å². The molecule has 0 bridgehead atoms. The number of aliphatic imine (C=N–C) groups is 1. The molecule has 1 aliphatic rings. The highest BCUT2D eigenvalue weighted by Crippen LogP contribution is 2.32. The lowest BCUT2D eigenvalue weighted by Crippen LogP contribution is -2.19. The van der Waals surface area contributed by atoms with Gasteiger partial charge in [-0.2, -0.15) is 5.10 Å². The number of hydrogen-bond donors (Lipinski definition) is 1. The highest BCUT2D eigenvalue weighted by Gasteiger charge is 2.19. The average molecular weight is 478 g/mol. The van der Waals surface area contributed by atoms with Gasteiger partial charge in [0.05, 0.1) is 18.9 Å². The molecule has 0 aliphatic carbocycles. The molecule has 31 heavy (non-hydrogen) atoms. The van der Waals surface area contributed by atoms with Gasteiger partial charge in [0.25, 0.3) is 0 Å². The number of rotatable bonds is 6. The van der Waals surface area contributed by atoms with E-state index in [0.717, 1.165) is 43.9 Å². The molecule has 0 aromatic heterocycles. The van der Waals surface area contributed by atoms with E-state index in [2.05, 4.69) is 40.4 Å². The molecule has 0 saturated carbocycles. The molecule has 0 unspecified atom stereocenters. The molecule has 3 aromatic carbocycles. The monoisotopic (exact) mass is 477 g/mol. The number of amidine groups is 1. The lowest BCUT2D eigenvalue weighted by atomic mass is 9.98. The Balaban J connectivity index is 1.82. The fourth-order valence-electron chi connectivity index (χ4n) is 3.41. The van der Waals surface area contributed by atoms with Gasteiger partial charge in [0, 0.05) is 21.2 Å². The summed E-state index contributed by atoms with van der Waals surface area (Å²) >= 11 is 3.49. The number of hydrogen-bond acceptors (Lipinski definition) is 5. The zero-order chi connectivity index (χ0) is 21.8. The fourth-order valence-corrected chi connectivity index (χ4v) is 3.67. The molecule has 6 heteroatoms. The number of ether oxygens (including phenoxy) is 2.